The highest BCUT2D eigenvalue weighted by Crippen LogP contribution is 2.34. The molecule has 1 amide bonds. The van der Waals surface area contributed by atoms with Gasteiger partial charge < -0.3 is 14.4 Å². The lowest BCUT2D eigenvalue weighted by molar-refractivity contribution is 0.0427. The number of aryl methyl sites for hydroxylation is 1. The molecule has 34 heavy (non-hydrogen) atoms. The predicted molar refractivity (Wildman–Crippen MR) is 131 cm³/mol. The molecule has 2 aromatic carbocycles. The van der Waals surface area contributed by atoms with Crippen LogP contribution in [0.2, 0.25) is 0 Å². The summed E-state index contributed by atoms with van der Waals surface area (Å²) in [4.78, 5) is 18.4. The minimum absolute atomic E-state index is 0.0273. The predicted octanol–water partition coefficient (Wildman–Crippen LogP) is 3.64. The zero-order valence-corrected chi connectivity index (χ0v) is 20.1. The number of carbonyl (C=O) groups excluding carboxylic acids is 1. The molecule has 1 saturated carbocycles. The van der Waals surface area contributed by atoms with Crippen molar-refractivity contribution in [1.29, 1.82) is 0 Å². The average Bonchev–Trinajstić information content (AvgIpc) is 3.65. The second-order valence-corrected chi connectivity index (χ2v) is 9.17. The van der Waals surface area contributed by atoms with Gasteiger partial charge in [0.1, 0.15) is 17.2 Å². The minimum atomic E-state index is 0.0273. The lowest BCUT2D eigenvalue weighted by Crippen LogP contribution is -2.56. The van der Waals surface area contributed by atoms with E-state index in [1.807, 2.05) is 37.4 Å². The van der Waals surface area contributed by atoms with Gasteiger partial charge in [-0.25, -0.2) is 0 Å². The highest BCUT2D eigenvalue weighted by molar-refractivity contribution is 5.94. The van der Waals surface area contributed by atoms with Gasteiger partial charge in [-0.2, -0.15) is 5.10 Å². The summed E-state index contributed by atoms with van der Waals surface area (Å²) in [5.74, 6) is 1.44. The Morgan fingerprint density at radius 1 is 1.03 bits per heavy atom. The fourth-order valence-corrected chi connectivity index (χ4v) is 4.94. The topological polar surface area (TPSA) is 59.8 Å². The van der Waals surface area contributed by atoms with E-state index in [0.29, 0.717) is 28.9 Å². The van der Waals surface area contributed by atoms with E-state index in [1.165, 1.54) is 18.4 Å². The second kappa shape index (κ2) is 9.50. The van der Waals surface area contributed by atoms with Crippen LogP contribution in [0.3, 0.4) is 0 Å². The van der Waals surface area contributed by atoms with Gasteiger partial charge in [0.2, 0.25) is 0 Å². The van der Waals surface area contributed by atoms with Crippen molar-refractivity contribution in [1.82, 2.24) is 19.6 Å². The third kappa shape index (κ3) is 4.53. The van der Waals surface area contributed by atoms with Crippen LogP contribution in [0.1, 0.15) is 28.9 Å². The third-order valence-electron chi connectivity index (χ3n) is 6.93. The number of hydrogen-bond acceptors (Lipinski definition) is 5. The summed E-state index contributed by atoms with van der Waals surface area (Å²) in [5.41, 5.74) is 3.33. The molecular formula is C27H32N4O3. The van der Waals surface area contributed by atoms with Gasteiger partial charge in [-0.1, -0.05) is 30.3 Å². The van der Waals surface area contributed by atoms with E-state index in [1.54, 1.807) is 18.9 Å². The maximum absolute atomic E-state index is 13.8. The lowest BCUT2D eigenvalue weighted by atomic mass is 10.0. The Morgan fingerprint density at radius 2 is 1.82 bits per heavy atom. The zero-order chi connectivity index (χ0) is 23.7. The third-order valence-corrected chi connectivity index (χ3v) is 6.93. The van der Waals surface area contributed by atoms with Crippen LogP contribution in [0.5, 0.6) is 11.5 Å². The van der Waals surface area contributed by atoms with Gasteiger partial charge in [-0.05, 0) is 49.1 Å². The molecule has 1 saturated heterocycles. The summed E-state index contributed by atoms with van der Waals surface area (Å²) < 4.78 is 12.6. The van der Waals surface area contributed by atoms with Crippen LogP contribution in [-0.2, 0) is 13.5 Å². The smallest absolute Gasteiger partial charge is 0.272 e. The van der Waals surface area contributed by atoms with E-state index in [4.69, 9.17) is 9.47 Å². The van der Waals surface area contributed by atoms with Gasteiger partial charge in [0, 0.05) is 44.3 Å². The molecule has 5 rings (SSSR count). The number of hydrogen-bond donors (Lipinski definition) is 0. The van der Waals surface area contributed by atoms with Gasteiger partial charge in [0.05, 0.1) is 19.9 Å². The van der Waals surface area contributed by atoms with Crippen LogP contribution in [0.15, 0.2) is 54.6 Å². The van der Waals surface area contributed by atoms with E-state index >= 15 is 0 Å². The van der Waals surface area contributed by atoms with E-state index < -0.39 is 0 Å². The van der Waals surface area contributed by atoms with Gasteiger partial charge in [-0.3, -0.25) is 14.4 Å². The van der Waals surface area contributed by atoms with Crippen molar-refractivity contribution in [2.45, 2.75) is 31.3 Å². The molecule has 1 aliphatic heterocycles. The fourth-order valence-electron chi connectivity index (χ4n) is 4.94. The summed E-state index contributed by atoms with van der Waals surface area (Å²) in [6.45, 7) is 2.58. The van der Waals surface area contributed by atoms with Gasteiger partial charge in [0.25, 0.3) is 5.91 Å². The van der Waals surface area contributed by atoms with Crippen LogP contribution < -0.4 is 9.47 Å². The molecule has 0 bridgehead atoms. The number of benzene rings is 2. The van der Waals surface area contributed by atoms with Crippen molar-refractivity contribution in [3.8, 4) is 22.8 Å². The number of aromatic nitrogens is 2. The molecule has 2 aliphatic rings. The molecule has 2 heterocycles. The number of rotatable bonds is 7. The van der Waals surface area contributed by atoms with E-state index in [0.717, 1.165) is 31.6 Å². The maximum Gasteiger partial charge on any atom is 0.272 e. The molecule has 7 heteroatoms. The number of amides is 1. The van der Waals surface area contributed by atoms with Crippen molar-refractivity contribution >= 4 is 5.91 Å². The van der Waals surface area contributed by atoms with E-state index in [9.17, 15) is 4.79 Å². The number of ether oxygens (including phenoxy) is 2. The van der Waals surface area contributed by atoms with Crippen molar-refractivity contribution in [3.05, 3.63) is 65.9 Å². The van der Waals surface area contributed by atoms with Gasteiger partial charge in [0.15, 0.2) is 0 Å². The Morgan fingerprint density at radius 3 is 2.53 bits per heavy atom. The van der Waals surface area contributed by atoms with Crippen molar-refractivity contribution in [3.63, 3.8) is 0 Å². The summed E-state index contributed by atoms with van der Waals surface area (Å²) in [6, 6.07) is 18.8. The zero-order valence-electron chi connectivity index (χ0n) is 20.1. The number of carbonyl (C=O) groups is 1. The molecule has 1 unspecified atom stereocenters. The van der Waals surface area contributed by atoms with Crippen LogP contribution in [0.4, 0.5) is 0 Å². The van der Waals surface area contributed by atoms with E-state index in [-0.39, 0.29) is 11.9 Å². The molecule has 1 aliphatic carbocycles. The van der Waals surface area contributed by atoms with Crippen molar-refractivity contribution in [2.24, 2.45) is 7.05 Å². The largest absolute Gasteiger partial charge is 0.497 e. The Bertz CT molecular complexity index is 1160. The molecule has 0 radical (unpaired) electrons. The molecule has 2 fully saturated rings. The first-order valence-corrected chi connectivity index (χ1v) is 11.9. The number of nitrogens with zero attached hydrogens (tertiary/aromatic N) is 4. The quantitative estimate of drug-likeness (QED) is 0.539. The highest BCUT2D eigenvalue weighted by atomic mass is 16.5. The molecule has 178 valence electrons. The van der Waals surface area contributed by atoms with Crippen LogP contribution >= 0.6 is 0 Å². The van der Waals surface area contributed by atoms with Crippen molar-refractivity contribution < 1.29 is 14.3 Å². The maximum atomic E-state index is 13.8. The summed E-state index contributed by atoms with van der Waals surface area (Å²) in [5, 5.41) is 4.67. The molecule has 7 nitrogen and oxygen atoms in total. The monoisotopic (exact) mass is 460 g/mol. The highest BCUT2D eigenvalue weighted by Gasteiger charge is 2.38. The first-order chi connectivity index (χ1) is 16.6. The molecule has 0 spiro atoms. The summed E-state index contributed by atoms with van der Waals surface area (Å²) in [7, 11) is 5.09. The SMILES string of the molecule is COc1ccc(OC)c(-c2cc(C(=O)N3CCN(C4CC4)CC3Cc3ccccc3)n(C)n2)c1. The van der Waals surface area contributed by atoms with Gasteiger partial charge >= 0.3 is 0 Å². The lowest BCUT2D eigenvalue weighted by Gasteiger charge is -2.41. The first kappa shape index (κ1) is 22.5. The van der Waals surface area contributed by atoms with Crippen LogP contribution in [0.25, 0.3) is 11.3 Å². The fraction of sp³-hybridized carbons (Fsp3) is 0.407. The molecular weight excluding hydrogens is 428 g/mol. The van der Waals surface area contributed by atoms with E-state index in [2.05, 4.69) is 39.2 Å². The molecule has 1 atom stereocenters. The standard InChI is InChI=1S/C27H32N4O3/c1-29-25(17-24(28-29)23-16-22(33-2)11-12-26(23)34-3)27(32)31-14-13-30(20-9-10-20)18-21(31)15-19-7-5-4-6-8-19/h4-8,11-12,16-17,20-21H,9-10,13-15,18H2,1-3H3. The normalized spacial score (nSPS) is 18.7. The molecule has 0 N–H and O–H groups in total. The molecule has 3 aromatic rings. The Labute approximate surface area is 200 Å². The Kier molecular flexibility index (Phi) is 6.28. The summed E-state index contributed by atoms with van der Waals surface area (Å²) in [6.07, 6.45) is 3.41. The first-order valence-electron chi connectivity index (χ1n) is 11.9. The second-order valence-electron chi connectivity index (χ2n) is 9.17. The minimum Gasteiger partial charge on any atom is -0.497 e. The van der Waals surface area contributed by atoms with Crippen LogP contribution in [-0.4, -0.2) is 71.4 Å². The van der Waals surface area contributed by atoms with Crippen molar-refractivity contribution in [2.75, 3.05) is 33.9 Å². The summed E-state index contributed by atoms with van der Waals surface area (Å²) >= 11 is 0. The average molecular weight is 461 g/mol. The number of piperazine rings is 1. The molecule has 1 aromatic heterocycles. The Hall–Kier alpha value is -3.32. The van der Waals surface area contributed by atoms with Gasteiger partial charge in [-0.15, -0.1) is 0 Å². The van der Waals surface area contributed by atoms with Crippen LogP contribution in [0, 0.1) is 0 Å². The number of methoxy groups -OCH3 is 2. The Balaban J connectivity index is 1.43.